The topological polar surface area (TPSA) is 72.6 Å². The van der Waals surface area contributed by atoms with E-state index >= 15 is 0 Å². The summed E-state index contributed by atoms with van der Waals surface area (Å²) >= 11 is 1.60. The van der Waals surface area contributed by atoms with Crippen LogP contribution in [0.2, 0.25) is 0 Å². The zero-order chi connectivity index (χ0) is 17.4. The molecular formula is C18H16N2O4S. The Labute approximate surface area is 148 Å². The van der Waals surface area contributed by atoms with Crippen molar-refractivity contribution in [1.82, 2.24) is 10.1 Å². The summed E-state index contributed by atoms with van der Waals surface area (Å²) in [5, 5.41) is 6.78. The van der Waals surface area contributed by atoms with Gasteiger partial charge in [0, 0.05) is 16.8 Å². The van der Waals surface area contributed by atoms with Crippen molar-refractivity contribution in [2.45, 2.75) is 18.9 Å². The Morgan fingerprint density at radius 2 is 2.20 bits per heavy atom. The molecule has 7 heteroatoms. The first-order valence-electron chi connectivity index (χ1n) is 7.96. The highest BCUT2D eigenvalue weighted by Gasteiger charge is 2.37. The summed E-state index contributed by atoms with van der Waals surface area (Å²) in [6, 6.07) is 8.63. The van der Waals surface area contributed by atoms with Crippen LogP contribution in [0.1, 0.15) is 22.2 Å². The van der Waals surface area contributed by atoms with Crippen molar-refractivity contribution in [2.75, 3.05) is 13.7 Å². The molecule has 0 spiro atoms. The largest absolute Gasteiger partial charge is 0.467 e. The number of esters is 1. The molecular weight excluding hydrogens is 340 g/mol. The number of aromatic nitrogens is 1. The van der Waals surface area contributed by atoms with Gasteiger partial charge in [0.1, 0.15) is 5.69 Å². The van der Waals surface area contributed by atoms with Crippen LogP contribution in [-0.2, 0) is 27.2 Å². The summed E-state index contributed by atoms with van der Waals surface area (Å²) in [6.45, 7) is 0.488. The Balaban J connectivity index is 1.63. The smallest absolute Gasteiger partial charge is 0.333 e. The molecule has 128 valence electrons. The highest BCUT2D eigenvalue weighted by Crippen LogP contribution is 2.34. The molecule has 3 aromatic rings. The van der Waals surface area contributed by atoms with Gasteiger partial charge in [-0.3, -0.25) is 4.79 Å². The number of hydrogen-bond donors (Lipinski definition) is 0. The van der Waals surface area contributed by atoms with E-state index in [1.807, 2.05) is 35.7 Å². The molecule has 1 amide bonds. The fraction of sp³-hybridized carbons (Fsp3) is 0.278. The fourth-order valence-corrected chi connectivity index (χ4v) is 4.17. The van der Waals surface area contributed by atoms with Crippen molar-refractivity contribution in [2.24, 2.45) is 0 Å². The molecule has 4 rings (SSSR count). The maximum absolute atomic E-state index is 12.9. The quantitative estimate of drug-likeness (QED) is 0.675. The van der Waals surface area contributed by atoms with Gasteiger partial charge in [-0.15, -0.1) is 11.3 Å². The standard InChI is InChI=1S/C18H16N2O4S/c1-23-18(22)17-12-7-9-25-15(12)6-8-20(17)16(21)10-13-11-4-2-3-5-14(11)24-19-13/h2-5,7,9,17H,6,8,10H2,1H3. The van der Waals surface area contributed by atoms with Gasteiger partial charge in [0.25, 0.3) is 0 Å². The lowest BCUT2D eigenvalue weighted by Gasteiger charge is -2.33. The molecule has 0 saturated carbocycles. The van der Waals surface area contributed by atoms with Gasteiger partial charge in [-0.05, 0) is 35.6 Å². The summed E-state index contributed by atoms with van der Waals surface area (Å²) < 4.78 is 10.2. The number of para-hydroxylation sites is 1. The molecule has 3 heterocycles. The molecule has 1 unspecified atom stereocenters. The number of ether oxygens (including phenoxy) is 1. The Hall–Kier alpha value is -2.67. The van der Waals surface area contributed by atoms with Crippen LogP contribution in [0.5, 0.6) is 0 Å². The van der Waals surface area contributed by atoms with Gasteiger partial charge in [-0.2, -0.15) is 0 Å². The fourth-order valence-electron chi connectivity index (χ4n) is 3.26. The summed E-state index contributed by atoms with van der Waals surface area (Å²) in [4.78, 5) is 27.9. The number of methoxy groups -OCH3 is 1. The third-order valence-electron chi connectivity index (χ3n) is 4.48. The van der Waals surface area contributed by atoms with E-state index in [1.54, 1.807) is 16.2 Å². The van der Waals surface area contributed by atoms with Gasteiger partial charge in [-0.25, -0.2) is 4.79 Å². The summed E-state index contributed by atoms with van der Waals surface area (Å²) in [6.07, 6.45) is 0.829. The SMILES string of the molecule is COC(=O)C1c2ccsc2CCN1C(=O)Cc1noc2ccccc12. The molecule has 0 radical (unpaired) electrons. The molecule has 0 fully saturated rings. The number of carbonyl (C=O) groups is 2. The number of thiophene rings is 1. The van der Waals surface area contributed by atoms with Crippen LogP contribution in [-0.4, -0.2) is 35.6 Å². The van der Waals surface area contributed by atoms with Crippen LogP contribution in [0.4, 0.5) is 0 Å². The van der Waals surface area contributed by atoms with Crippen LogP contribution < -0.4 is 0 Å². The van der Waals surface area contributed by atoms with Gasteiger partial charge in [0.2, 0.25) is 5.91 Å². The van der Waals surface area contributed by atoms with Crippen molar-refractivity contribution in [1.29, 1.82) is 0 Å². The van der Waals surface area contributed by atoms with E-state index < -0.39 is 12.0 Å². The summed E-state index contributed by atoms with van der Waals surface area (Å²) in [5.74, 6) is -0.580. The molecule has 0 saturated heterocycles. The number of amides is 1. The Kier molecular flexibility index (Phi) is 4.01. The number of rotatable bonds is 3. The van der Waals surface area contributed by atoms with E-state index in [0.717, 1.165) is 22.2 Å². The number of fused-ring (bicyclic) bond motifs is 2. The lowest BCUT2D eigenvalue weighted by atomic mass is 9.99. The van der Waals surface area contributed by atoms with E-state index in [4.69, 9.17) is 9.26 Å². The molecule has 2 aromatic heterocycles. The van der Waals surface area contributed by atoms with Crippen molar-refractivity contribution < 1.29 is 18.8 Å². The van der Waals surface area contributed by atoms with Crippen LogP contribution in [0.15, 0.2) is 40.2 Å². The van der Waals surface area contributed by atoms with E-state index in [-0.39, 0.29) is 12.3 Å². The predicted molar refractivity (Wildman–Crippen MR) is 92.2 cm³/mol. The van der Waals surface area contributed by atoms with E-state index in [2.05, 4.69) is 5.16 Å². The maximum Gasteiger partial charge on any atom is 0.333 e. The van der Waals surface area contributed by atoms with E-state index in [1.165, 1.54) is 7.11 Å². The number of carbonyl (C=O) groups excluding carboxylic acids is 2. The van der Waals surface area contributed by atoms with Crippen molar-refractivity contribution in [3.05, 3.63) is 51.8 Å². The Morgan fingerprint density at radius 3 is 3.04 bits per heavy atom. The minimum atomic E-state index is -0.689. The first kappa shape index (κ1) is 15.8. The zero-order valence-corrected chi connectivity index (χ0v) is 14.4. The first-order valence-corrected chi connectivity index (χ1v) is 8.84. The molecule has 6 nitrogen and oxygen atoms in total. The second kappa shape index (κ2) is 6.33. The van der Waals surface area contributed by atoms with Crippen LogP contribution >= 0.6 is 11.3 Å². The normalized spacial score (nSPS) is 16.7. The van der Waals surface area contributed by atoms with Crippen LogP contribution in [0.25, 0.3) is 11.0 Å². The van der Waals surface area contributed by atoms with Crippen molar-refractivity contribution in [3.63, 3.8) is 0 Å². The lowest BCUT2D eigenvalue weighted by Crippen LogP contribution is -2.44. The number of nitrogens with zero attached hydrogens (tertiary/aromatic N) is 2. The van der Waals surface area contributed by atoms with Gasteiger partial charge >= 0.3 is 5.97 Å². The molecule has 1 aliphatic rings. The van der Waals surface area contributed by atoms with Crippen molar-refractivity contribution >= 4 is 34.2 Å². The Bertz CT molecular complexity index is 945. The molecule has 1 atom stereocenters. The summed E-state index contributed by atoms with van der Waals surface area (Å²) in [5.41, 5.74) is 2.09. The molecule has 0 aliphatic carbocycles. The minimum Gasteiger partial charge on any atom is -0.467 e. The average molecular weight is 356 g/mol. The zero-order valence-electron chi connectivity index (χ0n) is 13.6. The molecule has 1 aromatic carbocycles. The van der Waals surface area contributed by atoms with E-state index in [0.29, 0.717) is 17.8 Å². The van der Waals surface area contributed by atoms with Crippen LogP contribution in [0, 0.1) is 0 Å². The van der Waals surface area contributed by atoms with Gasteiger partial charge in [0.15, 0.2) is 11.6 Å². The highest BCUT2D eigenvalue weighted by atomic mass is 32.1. The third-order valence-corrected chi connectivity index (χ3v) is 5.48. The van der Waals surface area contributed by atoms with E-state index in [9.17, 15) is 9.59 Å². The molecule has 25 heavy (non-hydrogen) atoms. The van der Waals surface area contributed by atoms with Gasteiger partial charge in [-0.1, -0.05) is 17.3 Å². The molecule has 1 aliphatic heterocycles. The highest BCUT2D eigenvalue weighted by molar-refractivity contribution is 7.10. The lowest BCUT2D eigenvalue weighted by molar-refractivity contribution is -0.153. The monoisotopic (exact) mass is 356 g/mol. The molecule has 0 bridgehead atoms. The first-order chi connectivity index (χ1) is 12.2. The maximum atomic E-state index is 12.9. The van der Waals surface area contributed by atoms with Crippen molar-refractivity contribution in [3.8, 4) is 0 Å². The average Bonchev–Trinajstić information content (AvgIpc) is 3.27. The van der Waals surface area contributed by atoms with Crippen LogP contribution in [0.3, 0.4) is 0 Å². The van der Waals surface area contributed by atoms with Gasteiger partial charge < -0.3 is 14.2 Å². The second-order valence-electron chi connectivity index (χ2n) is 5.86. The third kappa shape index (κ3) is 2.70. The predicted octanol–water partition coefficient (Wildman–Crippen LogP) is 2.73. The van der Waals surface area contributed by atoms with Gasteiger partial charge in [0.05, 0.1) is 13.5 Å². The minimum absolute atomic E-state index is 0.0873. The molecule has 0 N–H and O–H groups in total. The Morgan fingerprint density at radius 1 is 1.36 bits per heavy atom. The summed E-state index contributed by atoms with van der Waals surface area (Å²) in [7, 11) is 1.34. The number of hydrogen-bond acceptors (Lipinski definition) is 6. The number of benzene rings is 1. The second-order valence-corrected chi connectivity index (χ2v) is 6.86.